The molecule has 2 aromatic heterocycles. The molecule has 3 aromatic rings. The van der Waals surface area contributed by atoms with Gasteiger partial charge in [-0.05, 0) is 63.1 Å². The summed E-state index contributed by atoms with van der Waals surface area (Å²) in [5.41, 5.74) is 5.08. The Labute approximate surface area is 281 Å². The SMILES string of the molecule is COCCCCOc1nn([C@H]2CC[C@H](N3CCOCC3)CC2)cc1Nc1ncc(-c2ccc(C#N)c(O[C@@H](C)CN(C=N)NN)c2)cn1. The largest absolute Gasteiger partial charge is 0.487 e. The third-order valence-electron chi connectivity index (χ3n) is 8.72. The normalized spacial score (nSPS) is 18.9. The number of hydrazine groups is 2. The number of nitrogens with one attached hydrogen (secondary N) is 3. The van der Waals surface area contributed by atoms with Gasteiger partial charge in [-0.2, -0.15) is 10.8 Å². The summed E-state index contributed by atoms with van der Waals surface area (Å²) >= 11 is 0. The van der Waals surface area contributed by atoms with Gasteiger partial charge in [0, 0.05) is 50.8 Å². The van der Waals surface area contributed by atoms with Crippen LogP contribution in [0.3, 0.4) is 0 Å². The van der Waals surface area contributed by atoms with Gasteiger partial charge in [-0.15, -0.1) is 5.10 Å². The molecule has 1 aliphatic carbocycles. The van der Waals surface area contributed by atoms with Gasteiger partial charge in [0.05, 0.1) is 50.5 Å². The predicted octanol–water partition coefficient (Wildman–Crippen LogP) is 3.63. The summed E-state index contributed by atoms with van der Waals surface area (Å²) in [4.78, 5) is 11.7. The minimum atomic E-state index is -0.357. The van der Waals surface area contributed by atoms with Gasteiger partial charge in [-0.1, -0.05) is 6.07 Å². The first-order valence-electron chi connectivity index (χ1n) is 16.6. The molecular formula is C33H47N11O4. The number of anilines is 2. The number of nitrogens with zero attached hydrogens (tertiary/aromatic N) is 7. The van der Waals surface area contributed by atoms with Crippen molar-refractivity contribution in [1.82, 2.24) is 35.2 Å². The van der Waals surface area contributed by atoms with E-state index in [1.54, 1.807) is 31.6 Å². The molecule has 1 atom stereocenters. The van der Waals surface area contributed by atoms with Gasteiger partial charge in [-0.25, -0.2) is 9.97 Å². The molecule has 2 fully saturated rings. The van der Waals surface area contributed by atoms with Crippen LogP contribution in [-0.2, 0) is 9.47 Å². The van der Waals surface area contributed by atoms with Crippen molar-refractivity contribution in [1.29, 1.82) is 10.7 Å². The molecule has 0 amide bonds. The highest BCUT2D eigenvalue weighted by atomic mass is 16.5. The Bertz CT molecular complexity index is 1480. The van der Waals surface area contributed by atoms with E-state index in [-0.39, 0.29) is 6.10 Å². The van der Waals surface area contributed by atoms with Crippen LogP contribution in [-0.4, -0.2) is 101 Å². The Balaban J connectivity index is 1.27. The Morgan fingerprint density at radius 3 is 2.54 bits per heavy atom. The molecule has 0 bridgehead atoms. The molecule has 1 saturated carbocycles. The molecule has 0 spiro atoms. The van der Waals surface area contributed by atoms with Gasteiger partial charge in [-0.3, -0.25) is 25.8 Å². The second-order valence-corrected chi connectivity index (χ2v) is 12.1. The molecule has 5 rings (SSSR count). The van der Waals surface area contributed by atoms with Crippen molar-refractivity contribution in [3.05, 3.63) is 42.4 Å². The third-order valence-corrected chi connectivity index (χ3v) is 8.72. The summed E-state index contributed by atoms with van der Waals surface area (Å²) in [7, 11) is 1.70. The quantitative estimate of drug-likeness (QED) is 0.0541. The number of benzene rings is 1. The highest BCUT2D eigenvalue weighted by Crippen LogP contribution is 2.35. The summed E-state index contributed by atoms with van der Waals surface area (Å²) in [6.07, 6.45) is 12.3. The second kappa shape index (κ2) is 17.7. The number of rotatable bonds is 17. The van der Waals surface area contributed by atoms with Crippen LogP contribution in [0.4, 0.5) is 11.6 Å². The van der Waals surface area contributed by atoms with Crippen molar-refractivity contribution in [2.75, 3.05) is 58.5 Å². The number of morpholine rings is 1. The van der Waals surface area contributed by atoms with Gasteiger partial charge in [0.1, 0.15) is 23.6 Å². The lowest BCUT2D eigenvalue weighted by molar-refractivity contribution is 0.00503. The summed E-state index contributed by atoms with van der Waals surface area (Å²) < 4.78 is 25.0. The molecule has 15 nitrogen and oxygen atoms in total. The molecule has 5 N–H and O–H groups in total. The van der Waals surface area contributed by atoms with E-state index in [1.165, 1.54) is 5.01 Å². The maximum atomic E-state index is 9.64. The zero-order chi connectivity index (χ0) is 33.7. The molecule has 1 aliphatic heterocycles. The zero-order valence-corrected chi connectivity index (χ0v) is 27.8. The fourth-order valence-corrected chi connectivity index (χ4v) is 6.13. The maximum Gasteiger partial charge on any atom is 0.256 e. The van der Waals surface area contributed by atoms with Crippen molar-refractivity contribution in [2.24, 2.45) is 5.84 Å². The molecule has 2 aliphatic rings. The van der Waals surface area contributed by atoms with Crippen LogP contribution in [0.5, 0.6) is 11.6 Å². The third kappa shape index (κ3) is 9.39. The standard InChI is InChI=1S/C33H47N11O4/c1-24(21-43(23-35)41-36)48-31-17-25(5-6-26(31)18-34)27-19-37-33(38-20-27)39-30-22-44(40-32(30)47-14-4-3-13-45-2)29-9-7-28(8-10-29)42-11-15-46-16-12-42/h5-6,17,19-20,22-24,28-29,35,41H,3-4,7-16,21,36H2,1-2H3,(H,37,38,39)/t24-,28-,29-/m0/s1. The Hall–Kier alpha value is -4.33. The minimum absolute atomic E-state index is 0.298. The average molecular weight is 662 g/mol. The van der Waals surface area contributed by atoms with Crippen LogP contribution in [0.25, 0.3) is 11.1 Å². The molecule has 0 radical (unpaired) electrons. The van der Waals surface area contributed by atoms with E-state index in [0.29, 0.717) is 55.0 Å². The number of methoxy groups -OCH3 is 1. The van der Waals surface area contributed by atoms with E-state index in [9.17, 15) is 5.26 Å². The fourth-order valence-electron chi connectivity index (χ4n) is 6.13. The summed E-state index contributed by atoms with van der Waals surface area (Å²) in [5.74, 6) is 6.80. The van der Waals surface area contributed by atoms with Gasteiger partial charge in [0.25, 0.3) is 5.88 Å². The van der Waals surface area contributed by atoms with Crippen molar-refractivity contribution >= 4 is 18.0 Å². The number of nitrogens with two attached hydrogens (primary N) is 1. The van der Waals surface area contributed by atoms with E-state index >= 15 is 0 Å². The summed E-state index contributed by atoms with van der Waals surface area (Å²) in [5, 5.41) is 26.6. The van der Waals surface area contributed by atoms with Crippen LogP contribution >= 0.6 is 0 Å². The molecule has 258 valence electrons. The number of aromatic nitrogens is 4. The molecule has 1 saturated heterocycles. The number of unbranched alkanes of at least 4 members (excludes halogenated alkanes) is 1. The van der Waals surface area contributed by atoms with Gasteiger partial charge in [0.15, 0.2) is 0 Å². The molecule has 1 aromatic carbocycles. The second-order valence-electron chi connectivity index (χ2n) is 12.1. The first-order chi connectivity index (χ1) is 23.5. The van der Waals surface area contributed by atoms with Crippen molar-refractivity contribution in [2.45, 2.75) is 63.6 Å². The van der Waals surface area contributed by atoms with Crippen LogP contribution < -0.4 is 26.2 Å². The molecule has 3 heterocycles. The number of ether oxygens (including phenoxy) is 4. The molecular weight excluding hydrogens is 614 g/mol. The Morgan fingerprint density at radius 1 is 1.12 bits per heavy atom. The average Bonchev–Trinajstić information content (AvgIpc) is 3.53. The van der Waals surface area contributed by atoms with Gasteiger partial charge >= 0.3 is 0 Å². The topological polar surface area (TPSA) is 185 Å². The molecule has 15 heteroatoms. The molecule has 0 unspecified atom stereocenters. The Kier molecular flexibility index (Phi) is 12.9. The van der Waals surface area contributed by atoms with E-state index in [4.69, 9.17) is 35.3 Å². The number of hydrogen-bond donors (Lipinski definition) is 4. The maximum absolute atomic E-state index is 9.64. The fraction of sp³-hybridized carbons (Fsp3) is 0.545. The summed E-state index contributed by atoms with van der Waals surface area (Å²) in [6, 6.07) is 8.41. The van der Waals surface area contributed by atoms with Crippen molar-refractivity contribution < 1.29 is 18.9 Å². The lowest BCUT2D eigenvalue weighted by Gasteiger charge is -2.38. The van der Waals surface area contributed by atoms with E-state index in [0.717, 1.165) is 88.0 Å². The Morgan fingerprint density at radius 2 is 1.85 bits per heavy atom. The number of hydrogen-bond acceptors (Lipinski definition) is 13. The predicted molar refractivity (Wildman–Crippen MR) is 181 cm³/mol. The van der Waals surface area contributed by atoms with Gasteiger partial charge < -0.3 is 24.3 Å². The highest BCUT2D eigenvalue weighted by Gasteiger charge is 2.29. The first-order valence-corrected chi connectivity index (χ1v) is 16.6. The van der Waals surface area contributed by atoms with E-state index in [2.05, 4.69) is 31.8 Å². The van der Waals surface area contributed by atoms with Crippen LogP contribution in [0.15, 0.2) is 36.8 Å². The molecule has 48 heavy (non-hydrogen) atoms. The monoisotopic (exact) mass is 661 g/mol. The number of nitriles is 1. The first kappa shape index (κ1) is 35.0. The zero-order valence-electron chi connectivity index (χ0n) is 27.8. The summed E-state index contributed by atoms with van der Waals surface area (Å²) in [6.45, 7) is 7.05. The van der Waals surface area contributed by atoms with Crippen molar-refractivity contribution in [3.63, 3.8) is 0 Å². The minimum Gasteiger partial charge on any atom is -0.487 e. The lowest BCUT2D eigenvalue weighted by atomic mass is 9.90. The smallest absolute Gasteiger partial charge is 0.256 e. The highest BCUT2D eigenvalue weighted by molar-refractivity contribution is 5.67. The van der Waals surface area contributed by atoms with Crippen LogP contribution in [0, 0.1) is 16.7 Å². The van der Waals surface area contributed by atoms with Gasteiger partial charge in [0.2, 0.25) is 5.95 Å². The van der Waals surface area contributed by atoms with Crippen LogP contribution in [0.2, 0.25) is 0 Å². The van der Waals surface area contributed by atoms with E-state index in [1.807, 2.05) is 23.9 Å². The van der Waals surface area contributed by atoms with Crippen molar-refractivity contribution in [3.8, 4) is 28.8 Å². The van der Waals surface area contributed by atoms with Crippen LogP contribution in [0.1, 0.15) is 57.1 Å². The lowest BCUT2D eigenvalue weighted by Crippen LogP contribution is -2.46. The van der Waals surface area contributed by atoms with E-state index < -0.39 is 0 Å².